The summed E-state index contributed by atoms with van der Waals surface area (Å²) in [6, 6.07) is 13.9. The van der Waals surface area contributed by atoms with Crippen LogP contribution >= 0.6 is 0 Å². The van der Waals surface area contributed by atoms with Crippen molar-refractivity contribution in [1.82, 2.24) is 5.43 Å². The molecule has 3 N–H and O–H groups in total. The summed E-state index contributed by atoms with van der Waals surface area (Å²) in [7, 11) is 0. The third kappa shape index (κ3) is 6.20. The molecule has 0 aliphatic heterocycles. The molecule has 2 aromatic rings. The van der Waals surface area contributed by atoms with Gasteiger partial charge in [-0.3, -0.25) is 14.4 Å². The molecule has 0 fully saturated rings. The SMILES string of the molecule is Cc1ccc(C=NNC(=O)c2ccc(NC(=O)CCC(=O)O)cc2)cc1. The Morgan fingerprint density at radius 2 is 1.65 bits per heavy atom. The van der Waals surface area contributed by atoms with Gasteiger partial charge in [-0.15, -0.1) is 0 Å². The van der Waals surface area contributed by atoms with Gasteiger partial charge in [-0.2, -0.15) is 5.10 Å². The van der Waals surface area contributed by atoms with Crippen LogP contribution in [0.15, 0.2) is 53.6 Å². The summed E-state index contributed by atoms with van der Waals surface area (Å²) in [6.07, 6.45) is 1.21. The highest BCUT2D eigenvalue weighted by Gasteiger charge is 2.07. The van der Waals surface area contributed by atoms with Crippen LogP contribution in [0.4, 0.5) is 5.69 Å². The summed E-state index contributed by atoms with van der Waals surface area (Å²) in [5.74, 6) is -1.80. The third-order valence-electron chi connectivity index (χ3n) is 3.45. The molecule has 0 saturated heterocycles. The fourth-order valence-electron chi connectivity index (χ4n) is 2.03. The number of aryl methyl sites for hydroxylation is 1. The van der Waals surface area contributed by atoms with Gasteiger partial charge in [0.05, 0.1) is 12.6 Å². The van der Waals surface area contributed by atoms with Crippen molar-refractivity contribution in [1.29, 1.82) is 0 Å². The summed E-state index contributed by atoms with van der Waals surface area (Å²) in [5, 5.41) is 15.0. The summed E-state index contributed by atoms with van der Waals surface area (Å²) in [5.41, 5.74) is 5.31. The molecular weight excluding hydrogens is 334 g/mol. The number of carboxylic acid groups (broad SMARTS) is 1. The molecule has 0 heterocycles. The highest BCUT2D eigenvalue weighted by Crippen LogP contribution is 2.10. The maximum atomic E-state index is 12.0. The molecule has 26 heavy (non-hydrogen) atoms. The van der Waals surface area contributed by atoms with Crippen molar-refractivity contribution in [2.75, 3.05) is 5.32 Å². The van der Waals surface area contributed by atoms with E-state index in [0.29, 0.717) is 11.3 Å². The monoisotopic (exact) mass is 353 g/mol. The number of carboxylic acids is 1. The van der Waals surface area contributed by atoms with Crippen molar-refractivity contribution in [3.8, 4) is 0 Å². The van der Waals surface area contributed by atoms with Crippen LogP contribution < -0.4 is 10.7 Å². The number of aliphatic carboxylic acids is 1. The number of amides is 2. The van der Waals surface area contributed by atoms with Gasteiger partial charge < -0.3 is 10.4 Å². The first-order valence-electron chi connectivity index (χ1n) is 7.96. The first kappa shape index (κ1) is 18.9. The van der Waals surface area contributed by atoms with E-state index in [9.17, 15) is 14.4 Å². The number of nitrogens with zero attached hydrogens (tertiary/aromatic N) is 1. The number of hydrogen-bond donors (Lipinski definition) is 3. The Morgan fingerprint density at radius 3 is 2.27 bits per heavy atom. The lowest BCUT2D eigenvalue weighted by molar-refractivity contribution is -0.138. The minimum absolute atomic E-state index is 0.106. The maximum Gasteiger partial charge on any atom is 0.303 e. The molecule has 7 nitrogen and oxygen atoms in total. The summed E-state index contributed by atoms with van der Waals surface area (Å²) in [4.78, 5) is 34.0. The van der Waals surface area contributed by atoms with Gasteiger partial charge in [0.1, 0.15) is 0 Å². The van der Waals surface area contributed by atoms with E-state index >= 15 is 0 Å². The smallest absolute Gasteiger partial charge is 0.303 e. The van der Waals surface area contributed by atoms with Crippen molar-refractivity contribution >= 4 is 29.7 Å². The molecule has 2 amide bonds. The molecule has 2 aromatic carbocycles. The Bertz CT molecular complexity index is 812. The molecule has 2 rings (SSSR count). The highest BCUT2D eigenvalue weighted by molar-refractivity contribution is 5.96. The zero-order chi connectivity index (χ0) is 18.9. The average molecular weight is 353 g/mol. The molecule has 0 aliphatic carbocycles. The number of anilines is 1. The largest absolute Gasteiger partial charge is 0.481 e. The van der Waals surface area contributed by atoms with Gasteiger partial charge in [0.25, 0.3) is 5.91 Å². The van der Waals surface area contributed by atoms with Crippen molar-refractivity contribution in [2.24, 2.45) is 5.10 Å². The molecule has 0 spiro atoms. The van der Waals surface area contributed by atoms with E-state index in [0.717, 1.165) is 11.1 Å². The minimum atomic E-state index is -1.03. The number of carbonyl (C=O) groups is 3. The molecule has 0 atom stereocenters. The highest BCUT2D eigenvalue weighted by atomic mass is 16.4. The number of carbonyl (C=O) groups excluding carboxylic acids is 2. The van der Waals surface area contributed by atoms with E-state index < -0.39 is 11.9 Å². The summed E-state index contributed by atoms with van der Waals surface area (Å²) >= 11 is 0. The van der Waals surface area contributed by atoms with Crippen LogP contribution in [0.1, 0.15) is 34.3 Å². The van der Waals surface area contributed by atoms with E-state index in [2.05, 4.69) is 15.8 Å². The number of benzene rings is 2. The summed E-state index contributed by atoms with van der Waals surface area (Å²) < 4.78 is 0. The third-order valence-corrected chi connectivity index (χ3v) is 3.45. The van der Waals surface area contributed by atoms with Gasteiger partial charge >= 0.3 is 5.97 Å². The van der Waals surface area contributed by atoms with E-state index in [4.69, 9.17) is 5.11 Å². The zero-order valence-electron chi connectivity index (χ0n) is 14.2. The standard InChI is InChI=1S/C19H19N3O4/c1-13-2-4-14(5-3-13)12-20-22-19(26)15-6-8-16(9-7-15)21-17(23)10-11-18(24)25/h2-9,12H,10-11H2,1H3,(H,21,23)(H,22,26)(H,24,25). The van der Waals surface area contributed by atoms with Gasteiger partial charge in [0.15, 0.2) is 0 Å². The Labute approximate surface area is 150 Å². The molecule has 0 aromatic heterocycles. The first-order chi connectivity index (χ1) is 12.4. The molecule has 0 saturated carbocycles. The van der Waals surface area contributed by atoms with Gasteiger partial charge in [-0.05, 0) is 36.8 Å². The molecule has 0 aliphatic rings. The van der Waals surface area contributed by atoms with Gasteiger partial charge in [-0.25, -0.2) is 5.43 Å². The van der Waals surface area contributed by atoms with Crippen molar-refractivity contribution in [2.45, 2.75) is 19.8 Å². The fourth-order valence-corrected chi connectivity index (χ4v) is 2.03. The maximum absolute atomic E-state index is 12.0. The van der Waals surface area contributed by atoms with E-state index in [1.807, 2.05) is 31.2 Å². The molecule has 0 radical (unpaired) electrons. The first-order valence-corrected chi connectivity index (χ1v) is 7.96. The number of rotatable bonds is 7. The van der Waals surface area contributed by atoms with Gasteiger partial charge in [0, 0.05) is 17.7 Å². The van der Waals surface area contributed by atoms with Crippen LogP contribution in [0.5, 0.6) is 0 Å². The Balaban J connectivity index is 1.86. The minimum Gasteiger partial charge on any atom is -0.481 e. The molecule has 134 valence electrons. The normalized spacial score (nSPS) is 10.5. The second-order valence-electron chi connectivity index (χ2n) is 5.63. The number of nitrogens with one attached hydrogen (secondary N) is 2. The van der Waals surface area contributed by atoms with E-state index in [1.165, 1.54) is 0 Å². The molecule has 0 unspecified atom stereocenters. The van der Waals surface area contributed by atoms with Crippen molar-refractivity contribution in [3.63, 3.8) is 0 Å². The second kappa shape index (κ2) is 9.12. The second-order valence-corrected chi connectivity index (χ2v) is 5.63. The van der Waals surface area contributed by atoms with Crippen LogP contribution in [-0.2, 0) is 9.59 Å². The molecule has 0 bridgehead atoms. The van der Waals surface area contributed by atoms with Crippen molar-refractivity contribution < 1.29 is 19.5 Å². The van der Waals surface area contributed by atoms with Crippen LogP contribution in [0.2, 0.25) is 0 Å². The van der Waals surface area contributed by atoms with E-state index in [1.54, 1.807) is 30.5 Å². The number of hydrogen-bond acceptors (Lipinski definition) is 4. The molecular formula is C19H19N3O4. The Kier molecular flexibility index (Phi) is 6.61. The average Bonchev–Trinajstić information content (AvgIpc) is 2.62. The van der Waals surface area contributed by atoms with Crippen molar-refractivity contribution in [3.05, 3.63) is 65.2 Å². The lowest BCUT2D eigenvalue weighted by Gasteiger charge is -2.05. The fraction of sp³-hybridized carbons (Fsp3) is 0.158. The Hall–Kier alpha value is -3.48. The van der Waals surface area contributed by atoms with Crippen LogP contribution in [-0.4, -0.2) is 29.1 Å². The topological polar surface area (TPSA) is 108 Å². The predicted molar refractivity (Wildman–Crippen MR) is 98.2 cm³/mol. The van der Waals surface area contributed by atoms with Gasteiger partial charge in [0.2, 0.25) is 5.91 Å². The van der Waals surface area contributed by atoms with Crippen LogP contribution in [0.25, 0.3) is 0 Å². The predicted octanol–water partition coefficient (Wildman–Crippen LogP) is 2.56. The Morgan fingerprint density at radius 1 is 1.00 bits per heavy atom. The van der Waals surface area contributed by atoms with Crippen LogP contribution in [0, 0.1) is 6.92 Å². The number of hydrazone groups is 1. The quantitative estimate of drug-likeness (QED) is 0.525. The van der Waals surface area contributed by atoms with Gasteiger partial charge in [-0.1, -0.05) is 29.8 Å². The zero-order valence-corrected chi connectivity index (χ0v) is 14.2. The molecule has 7 heteroatoms. The van der Waals surface area contributed by atoms with Crippen LogP contribution in [0.3, 0.4) is 0 Å². The van der Waals surface area contributed by atoms with E-state index in [-0.39, 0.29) is 18.7 Å². The summed E-state index contributed by atoms with van der Waals surface area (Å²) in [6.45, 7) is 1.99. The lowest BCUT2D eigenvalue weighted by atomic mass is 10.2. The lowest BCUT2D eigenvalue weighted by Crippen LogP contribution is -2.18.